The van der Waals surface area contributed by atoms with Crippen molar-refractivity contribution in [2.45, 2.75) is 34.1 Å². The van der Waals surface area contributed by atoms with Gasteiger partial charge in [0.25, 0.3) is 0 Å². The third-order valence-corrected chi connectivity index (χ3v) is 5.03. The predicted molar refractivity (Wildman–Crippen MR) is 99.5 cm³/mol. The highest BCUT2D eigenvalue weighted by Crippen LogP contribution is 2.27. The van der Waals surface area contributed by atoms with Gasteiger partial charge in [-0.05, 0) is 38.7 Å². The Morgan fingerprint density at radius 1 is 1.38 bits per heavy atom. The van der Waals surface area contributed by atoms with E-state index in [-0.39, 0.29) is 17.8 Å². The van der Waals surface area contributed by atoms with E-state index in [0.29, 0.717) is 30.1 Å². The summed E-state index contributed by atoms with van der Waals surface area (Å²) in [6.07, 6.45) is 2.64. The fourth-order valence-electron chi connectivity index (χ4n) is 3.14. The van der Waals surface area contributed by atoms with Crippen LogP contribution in [-0.4, -0.2) is 29.2 Å². The largest absolute Gasteiger partial charge is 0.338 e. The first-order valence-corrected chi connectivity index (χ1v) is 8.81. The molecule has 5 nitrogen and oxygen atoms in total. The number of rotatable bonds is 2. The maximum absolute atomic E-state index is 14.2. The number of likely N-dealkylation sites (tertiary alicyclic amines) is 1. The van der Waals surface area contributed by atoms with Gasteiger partial charge in [0.15, 0.2) is 0 Å². The molecule has 1 aliphatic rings. The van der Waals surface area contributed by atoms with Gasteiger partial charge in [-0.3, -0.25) is 5.32 Å². The Morgan fingerprint density at radius 2 is 2.15 bits per heavy atom. The smallest absolute Gasteiger partial charge is 0.324 e. The number of piperidine rings is 1. The van der Waals surface area contributed by atoms with Gasteiger partial charge in [-0.1, -0.05) is 41.9 Å². The molecule has 1 aromatic heterocycles. The van der Waals surface area contributed by atoms with E-state index in [1.54, 1.807) is 24.0 Å². The van der Waals surface area contributed by atoms with Crippen LogP contribution in [0.3, 0.4) is 0 Å². The zero-order chi connectivity index (χ0) is 18.8. The Labute approximate surface area is 152 Å². The summed E-state index contributed by atoms with van der Waals surface area (Å²) in [5.74, 6) is 0.374. The fourth-order valence-corrected chi connectivity index (χ4v) is 3.14. The van der Waals surface area contributed by atoms with E-state index < -0.39 is 0 Å². The van der Waals surface area contributed by atoms with Gasteiger partial charge in [0, 0.05) is 24.2 Å². The number of carbonyl (C=O) groups is 1. The summed E-state index contributed by atoms with van der Waals surface area (Å²) in [6.45, 7) is 8.68. The van der Waals surface area contributed by atoms with Crippen LogP contribution in [-0.2, 0) is 0 Å². The van der Waals surface area contributed by atoms with Gasteiger partial charge in [0.2, 0.25) is 5.88 Å². The van der Waals surface area contributed by atoms with Crippen LogP contribution in [0, 0.1) is 32.5 Å². The summed E-state index contributed by atoms with van der Waals surface area (Å²) in [7, 11) is 0. The van der Waals surface area contributed by atoms with E-state index in [1.807, 2.05) is 26.0 Å². The van der Waals surface area contributed by atoms with Crippen molar-refractivity contribution in [2.75, 3.05) is 18.4 Å². The number of hydrogen-bond acceptors (Lipinski definition) is 3. The average Bonchev–Trinajstić information content (AvgIpc) is 2.92. The quantitative estimate of drug-likeness (QED) is 0.848. The predicted octanol–water partition coefficient (Wildman–Crippen LogP) is 4.70. The Morgan fingerprint density at radius 3 is 2.81 bits per heavy atom. The highest BCUT2D eigenvalue weighted by Gasteiger charge is 2.26. The first-order chi connectivity index (χ1) is 12.4. The molecule has 1 atom stereocenters. The second kappa shape index (κ2) is 7.32. The Balaban J connectivity index is 1.68. The lowest BCUT2D eigenvalue weighted by molar-refractivity contribution is 0.197. The monoisotopic (exact) mass is 357 g/mol. The molecule has 0 spiro atoms. The van der Waals surface area contributed by atoms with Gasteiger partial charge in [-0.2, -0.15) is 0 Å². The van der Waals surface area contributed by atoms with Crippen molar-refractivity contribution in [3.63, 3.8) is 0 Å². The molecule has 1 N–H and O–H groups in total. The van der Waals surface area contributed by atoms with E-state index in [2.05, 4.69) is 17.4 Å². The van der Waals surface area contributed by atoms with Crippen molar-refractivity contribution >= 4 is 18.0 Å². The number of amides is 2. The number of urea groups is 1. The fraction of sp³-hybridized carbons (Fsp3) is 0.400. The second-order valence-corrected chi connectivity index (χ2v) is 6.95. The molecule has 0 radical (unpaired) electrons. The molecule has 2 amide bonds. The molecule has 0 aliphatic carbocycles. The highest BCUT2D eigenvalue weighted by molar-refractivity contribution is 5.88. The molecule has 2 heterocycles. The molecule has 26 heavy (non-hydrogen) atoms. The van der Waals surface area contributed by atoms with Crippen LogP contribution < -0.4 is 5.32 Å². The lowest BCUT2D eigenvalue weighted by Crippen LogP contribution is -2.42. The molecule has 1 fully saturated rings. The lowest BCUT2D eigenvalue weighted by Gasteiger charge is -2.33. The zero-order valence-corrected chi connectivity index (χ0v) is 15.6. The third-order valence-electron chi connectivity index (χ3n) is 5.03. The Bertz CT molecular complexity index is 857. The molecule has 1 saturated heterocycles. The minimum absolute atomic E-state index is 0.159. The normalized spacial score (nSPS) is 19.0. The van der Waals surface area contributed by atoms with Crippen LogP contribution in [0.2, 0.25) is 0 Å². The number of hydrogen-bond donors (Lipinski definition) is 1. The SMILES string of the molecule is Cc1cccc(/C=C2\CCN(C(=O)Nc3onc(C)c3C)CC2C)c1F. The molecule has 3 rings (SSSR count). The van der Waals surface area contributed by atoms with E-state index in [4.69, 9.17) is 4.52 Å². The maximum atomic E-state index is 14.2. The van der Waals surface area contributed by atoms with Crippen molar-refractivity contribution in [1.82, 2.24) is 10.1 Å². The third kappa shape index (κ3) is 3.64. The number of benzene rings is 1. The van der Waals surface area contributed by atoms with E-state index in [9.17, 15) is 9.18 Å². The Kier molecular flexibility index (Phi) is 5.11. The molecule has 6 heteroatoms. The maximum Gasteiger partial charge on any atom is 0.324 e. The standard InChI is InChI=1S/C20H24FN3O2/c1-12-6-5-7-17(18(12)21)10-16-8-9-24(11-13(16)2)20(25)22-19-14(3)15(4)23-26-19/h5-7,10,13H,8-9,11H2,1-4H3,(H,22,25)/b16-10+. The van der Waals surface area contributed by atoms with Gasteiger partial charge >= 0.3 is 6.03 Å². The summed E-state index contributed by atoms with van der Waals surface area (Å²) in [5, 5.41) is 6.63. The molecule has 0 saturated carbocycles. The summed E-state index contributed by atoms with van der Waals surface area (Å²) in [6, 6.07) is 5.22. The number of aromatic nitrogens is 1. The number of halogens is 1. The van der Waals surface area contributed by atoms with Crippen LogP contribution in [0.4, 0.5) is 15.1 Å². The molecule has 138 valence electrons. The van der Waals surface area contributed by atoms with Gasteiger partial charge < -0.3 is 9.42 Å². The number of carbonyl (C=O) groups excluding carboxylic acids is 1. The molecule has 1 aliphatic heterocycles. The van der Waals surface area contributed by atoms with Crippen molar-refractivity contribution in [1.29, 1.82) is 0 Å². The van der Waals surface area contributed by atoms with Crippen molar-refractivity contribution in [3.05, 3.63) is 52.0 Å². The number of nitrogens with one attached hydrogen (secondary N) is 1. The van der Waals surface area contributed by atoms with E-state index in [0.717, 1.165) is 23.3 Å². The average molecular weight is 357 g/mol. The van der Waals surface area contributed by atoms with Gasteiger partial charge in [-0.15, -0.1) is 0 Å². The van der Waals surface area contributed by atoms with Gasteiger partial charge in [0.1, 0.15) is 5.82 Å². The molecular formula is C20H24FN3O2. The van der Waals surface area contributed by atoms with Gasteiger partial charge in [0.05, 0.1) is 5.69 Å². The highest BCUT2D eigenvalue weighted by atomic mass is 19.1. The minimum atomic E-state index is -0.197. The lowest BCUT2D eigenvalue weighted by atomic mass is 9.91. The Hall–Kier alpha value is -2.63. The number of aryl methyl sites for hydroxylation is 2. The van der Waals surface area contributed by atoms with Crippen molar-refractivity contribution in [3.8, 4) is 0 Å². The number of nitrogens with zero attached hydrogens (tertiary/aromatic N) is 2. The molecule has 2 aromatic rings. The molecule has 1 unspecified atom stereocenters. The van der Waals surface area contributed by atoms with E-state index >= 15 is 0 Å². The van der Waals surface area contributed by atoms with Crippen molar-refractivity contribution in [2.24, 2.45) is 5.92 Å². The van der Waals surface area contributed by atoms with E-state index in [1.165, 1.54) is 0 Å². The summed E-state index contributed by atoms with van der Waals surface area (Å²) < 4.78 is 19.4. The summed E-state index contributed by atoms with van der Waals surface area (Å²) in [5.41, 5.74) is 4.00. The second-order valence-electron chi connectivity index (χ2n) is 6.95. The number of anilines is 1. The van der Waals surface area contributed by atoms with Gasteiger partial charge in [-0.25, -0.2) is 9.18 Å². The topological polar surface area (TPSA) is 58.4 Å². The van der Waals surface area contributed by atoms with Crippen LogP contribution in [0.25, 0.3) is 6.08 Å². The van der Waals surface area contributed by atoms with Crippen LogP contribution in [0.5, 0.6) is 0 Å². The molecular weight excluding hydrogens is 333 g/mol. The molecule has 0 bridgehead atoms. The summed E-state index contributed by atoms with van der Waals surface area (Å²) >= 11 is 0. The first kappa shape index (κ1) is 18.2. The summed E-state index contributed by atoms with van der Waals surface area (Å²) in [4.78, 5) is 14.2. The van der Waals surface area contributed by atoms with Crippen LogP contribution in [0.1, 0.15) is 35.7 Å². The first-order valence-electron chi connectivity index (χ1n) is 8.81. The van der Waals surface area contributed by atoms with Crippen LogP contribution >= 0.6 is 0 Å². The zero-order valence-electron chi connectivity index (χ0n) is 15.6. The molecule has 1 aromatic carbocycles. The van der Waals surface area contributed by atoms with Crippen LogP contribution in [0.15, 0.2) is 28.3 Å². The minimum Gasteiger partial charge on any atom is -0.338 e. The van der Waals surface area contributed by atoms with Crippen molar-refractivity contribution < 1.29 is 13.7 Å².